The summed E-state index contributed by atoms with van der Waals surface area (Å²) in [4.78, 5) is 5.84. The van der Waals surface area contributed by atoms with E-state index >= 15 is 0 Å². The fraction of sp³-hybridized carbons (Fsp3) is 0.700. The highest BCUT2D eigenvalue weighted by atomic mass is 35.5. The van der Waals surface area contributed by atoms with E-state index < -0.39 is 0 Å². The molecule has 1 aromatic heterocycles. The molecule has 0 fully saturated rings. The maximum Gasteiger partial charge on any atom is 0.103 e. The Labute approximate surface area is 99.3 Å². The zero-order valence-corrected chi connectivity index (χ0v) is 11.2. The van der Waals surface area contributed by atoms with Crippen molar-refractivity contribution in [3.63, 3.8) is 0 Å². The predicted molar refractivity (Wildman–Crippen MR) is 67.6 cm³/mol. The summed E-state index contributed by atoms with van der Waals surface area (Å²) in [5.74, 6) is 3.51. The smallest absolute Gasteiger partial charge is 0.103 e. The second-order valence-corrected chi connectivity index (χ2v) is 6.15. The molecule has 14 heavy (non-hydrogen) atoms. The quantitative estimate of drug-likeness (QED) is 0.735. The number of nitrogens with zero attached hydrogens (tertiary/aromatic N) is 1. The van der Waals surface area contributed by atoms with Crippen LogP contribution in [0.15, 0.2) is 0 Å². The molecule has 1 unspecified atom stereocenters. The third kappa shape index (κ3) is 3.79. The van der Waals surface area contributed by atoms with Gasteiger partial charge in [0.2, 0.25) is 0 Å². The highest BCUT2D eigenvalue weighted by Crippen LogP contribution is 2.22. The van der Waals surface area contributed by atoms with Crippen LogP contribution in [-0.4, -0.2) is 16.6 Å². The fourth-order valence-corrected chi connectivity index (χ4v) is 3.32. The summed E-state index contributed by atoms with van der Waals surface area (Å²) in [6.45, 7) is 6.38. The minimum atomic E-state index is 0.601. The standard InChI is InChI=1S/C10H16ClNS2/c1-7(4-11)5-13-6-10-12-8(2)9(3)14-10/h7H,4-6H2,1-3H3. The van der Waals surface area contributed by atoms with E-state index in [0.717, 1.165) is 17.4 Å². The van der Waals surface area contributed by atoms with E-state index in [1.165, 1.54) is 15.6 Å². The summed E-state index contributed by atoms with van der Waals surface area (Å²) in [5, 5.41) is 1.24. The van der Waals surface area contributed by atoms with Gasteiger partial charge in [0.15, 0.2) is 0 Å². The molecule has 0 saturated heterocycles. The molecule has 1 nitrogen and oxygen atoms in total. The lowest BCUT2D eigenvalue weighted by molar-refractivity contribution is 0.759. The van der Waals surface area contributed by atoms with E-state index in [9.17, 15) is 0 Å². The minimum absolute atomic E-state index is 0.601. The van der Waals surface area contributed by atoms with Gasteiger partial charge in [-0.05, 0) is 25.5 Å². The third-order valence-electron chi connectivity index (χ3n) is 1.96. The first-order valence-corrected chi connectivity index (χ1v) is 7.20. The van der Waals surface area contributed by atoms with Crippen LogP contribution in [-0.2, 0) is 5.75 Å². The lowest BCUT2D eigenvalue weighted by atomic mass is 10.3. The molecular formula is C10H16ClNS2. The van der Waals surface area contributed by atoms with Gasteiger partial charge in [0.05, 0.1) is 5.69 Å². The van der Waals surface area contributed by atoms with Gasteiger partial charge in [-0.15, -0.1) is 22.9 Å². The lowest BCUT2D eigenvalue weighted by Crippen LogP contribution is -1.99. The summed E-state index contributed by atoms with van der Waals surface area (Å²) in [6, 6.07) is 0. The molecule has 80 valence electrons. The van der Waals surface area contributed by atoms with Crippen molar-refractivity contribution in [1.29, 1.82) is 0 Å². The van der Waals surface area contributed by atoms with E-state index in [2.05, 4.69) is 25.8 Å². The number of thiazole rings is 1. The molecule has 1 atom stereocenters. The van der Waals surface area contributed by atoms with Gasteiger partial charge in [-0.2, -0.15) is 11.8 Å². The molecule has 0 N–H and O–H groups in total. The van der Waals surface area contributed by atoms with Crippen molar-refractivity contribution in [3.05, 3.63) is 15.6 Å². The molecule has 0 aromatic carbocycles. The molecule has 1 rings (SSSR count). The van der Waals surface area contributed by atoms with Gasteiger partial charge in [-0.3, -0.25) is 0 Å². The SMILES string of the molecule is Cc1nc(CSCC(C)CCl)sc1C. The lowest BCUT2D eigenvalue weighted by Gasteiger charge is -2.04. The summed E-state index contributed by atoms with van der Waals surface area (Å²) in [5.41, 5.74) is 1.18. The summed E-state index contributed by atoms with van der Waals surface area (Å²) < 4.78 is 0. The topological polar surface area (TPSA) is 12.9 Å². The van der Waals surface area contributed by atoms with Gasteiger partial charge < -0.3 is 0 Å². The average molecular weight is 250 g/mol. The third-order valence-corrected chi connectivity index (χ3v) is 5.03. The van der Waals surface area contributed by atoms with Crippen LogP contribution in [0.2, 0.25) is 0 Å². The summed E-state index contributed by atoms with van der Waals surface area (Å²) in [7, 11) is 0. The van der Waals surface area contributed by atoms with E-state index in [4.69, 9.17) is 11.6 Å². The van der Waals surface area contributed by atoms with Gasteiger partial charge in [0.1, 0.15) is 5.01 Å². The van der Waals surface area contributed by atoms with Crippen molar-refractivity contribution in [1.82, 2.24) is 4.98 Å². The predicted octanol–water partition coefficient (Wildman–Crippen LogP) is 3.87. The van der Waals surface area contributed by atoms with Crippen LogP contribution in [0.4, 0.5) is 0 Å². The van der Waals surface area contributed by atoms with Crippen molar-refractivity contribution in [2.45, 2.75) is 26.5 Å². The van der Waals surface area contributed by atoms with Crippen molar-refractivity contribution in [2.24, 2.45) is 5.92 Å². The van der Waals surface area contributed by atoms with Gasteiger partial charge in [0.25, 0.3) is 0 Å². The second-order valence-electron chi connectivity index (χ2n) is 3.52. The van der Waals surface area contributed by atoms with Crippen LogP contribution < -0.4 is 0 Å². The first-order valence-electron chi connectivity index (χ1n) is 4.70. The van der Waals surface area contributed by atoms with Crippen LogP contribution in [0.3, 0.4) is 0 Å². The molecule has 0 aliphatic rings. The Kier molecular flexibility index (Phi) is 5.28. The van der Waals surface area contributed by atoms with Crippen LogP contribution in [0.5, 0.6) is 0 Å². The van der Waals surface area contributed by atoms with Gasteiger partial charge >= 0.3 is 0 Å². The maximum atomic E-state index is 5.74. The van der Waals surface area contributed by atoms with E-state index in [1.54, 1.807) is 0 Å². The average Bonchev–Trinajstić information content (AvgIpc) is 2.46. The van der Waals surface area contributed by atoms with Crippen LogP contribution in [0.25, 0.3) is 0 Å². The molecule has 0 amide bonds. The van der Waals surface area contributed by atoms with Gasteiger partial charge in [-0.25, -0.2) is 4.98 Å². The molecular weight excluding hydrogens is 234 g/mol. The molecule has 0 saturated carbocycles. The van der Waals surface area contributed by atoms with Crippen LogP contribution in [0, 0.1) is 19.8 Å². The van der Waals surface area contributed by atoms with Crippen molar-refractivity contribution in [2.75, 3.05) is 11.6 Å². The number of hydrogen-bond donors (Lipinski definition) is 0. The van der Waals surface area contributed by atoms with Crippen molar-refractivity contribution < 1.29 is 0 Å². The van der Waals surface area contributed by atoms with Crippen LogP contribution in [0.1, 0.15) is 22.5 Å². The number of aromatic nitrogens is 1. The first-order chi connectivity index (χ1) is 6.63. The Hall–Kier alpha value is 0.270. The maximum absolute atomic E-state index is 5.74. The van der Waals surface area contributed by atoms with Crippen LogP contribution >= 0.6 is 34.7 Å². The van der Waals surface area contributed by atoms with E-state index in [-0.39, 0.29) is 0 Å². The summed E-state index contributed by atoms with van der Waals surface area (Å²) in [6.07, 6.45) is 0. The minimum Gasteiger partial charge on any atom is -0.245 e. The number of rotatable bonds is 5. The Balaban J connectivity index is 2.31. The van der Waals surface area contributed by atoms with Gasteiger partial charge in [-0.1, -0.05) is 6.92 Å². The Bertz CT molecular complexity index is 266. The molecule has 0 spiro atoms. The Morgan fingerprint density at radius 1 is 1.50 bits per heavy atom. The van der Waals surface area contributed by atoms with Crippen molar-refractivity contribution in [3.8, 4) is 0 Å². The molecule has 0 aliphatic heterocycles. The highest BCUT2D eigenvalue weighted by molar-refractivity contribution is 7.98. The Morgan fingerprint density at radius 3 is 2.71 bits per heavy atom. The van der Waals surface area contributed by atoms with Crippen molar-refractivity contribution >= 4 is 34.7 Å². The second kappa shape index (κ2) is 5.99. The number of alkyl halides is 1. The largest absolute Gasteiger partial charge is 0.245 e. The summed E-state index contributed by atoms with van der Waals surface area (Å²) >= 11 is 9.47. The van der Waals surface area contributed by atoms with Gasteiger partial charge in [0, 0.05) is 16.5 Å². The first kappa shape index (κ1) is 12.3. The molecule has 0 bridgehead atoms. The Morgan fingerprint density at radius 2 is 2.21 bits per heavy atom. The molecule has 4 heteroatoms. The number of halogens is 1. The highest BCUT2D eigenvalue weighted by Gasteiger charge is 2.05. The molecule has 1 aromatic rings. The monoisotopic (exact) mass is 249 g/mol. The van der Waals surface area contributed by atoms with E-state index in [0.29, 0.717) is 5.92 Å². The molecule has 0 radical (unpaired) electrons. The number of aryl methyl sites for hydroxylation is 2. The van der Waals surface area contributed by atoms with E-state index in [1.807, 2.05) is 23.1 Å². The fourth-order valence-electron chi connectivity index (χ4n) is 0.993. The zero-order chi connectivity index (χ0) is 10.6. The number of hydrogen-bond acceptors (Lipinski definition) is 3. The number of thioether (sulfide) groups is 1. The molecule has 1 heterocycles. The molecule has 0 aliphatic carbocycles. The zero-order valence-electron chi connectivity index (χ0n) is 8.84. The normalized spacial score (nSPS) is 13.1.